The Bertz CT molecular complexity index is 555. The molecule has 0 heterocycles. The fourth-order valence-corrected chi connectivity index (χ4v) is 2.25. The van der Waals surface area contributed by atoms with Gasteiger partial charge in [0.05, 0.1) is 11.8 Å². The Balaban J connectivity index is 2.60. The van der Waals surface area contributed by atoms with Crippen LogP contribution in [0.4, 0.5) is 10.5 Å². The first kappa shape index (κ1) is 17.3. The van der Waals surface area contributed by atoms with E-state index in [1.54, 1.807) is 42.8 Å². The third-order valence-electron chi connectivity index (χ3n) is 2.35. The van der Waals surface area contributed by atoms with Gasteiger partial charge in [-0.25, -0.2) is 9.52 Å². The molecular formula is C13H21N3O4S. The first-order chi connectivity index (χ1) is 9.82. The predicted octanol–water partition coefficient (Wildman–Crippen LogP) is 1.59. The molecule has 0 unspecified atom stereocenters. The van der Waals surface area contributed by atoms with Crippen molar-refractivity contribution in [1.82, 2.24) is 10.0 Å². The van der Waals surface area contributed by atoms with Gasteiger partial charge >= 0.3 is 16.3 Å². The Morgan fingerprint density at radius 3 is 2.38 bits per heavy atom. The van der Waals surface area contributed by atoms with Crippen molar-refractivity contribution in [3.8, 4) is 0 Å². The molecule has 0 bridgehead atoms. The first-order valence-corrected chi connectivity index (χ1v) is 8.11. The molecule has 1 rings (SSSR count). The zero-order valence-electron chi connectivity index (χ0n) is 12.3. The molecule has 7 nitrogen and oxygen atoms in total. The second-order valence-electron chi connectivity index (χ2n) is 4.64. The van der Waals surface area contributed by atoms with Gasteiger partial charge in [0.25, 0.3) is 0 Å². The lowest BCUT2D eigenvalue weighted by Crippen LogP contribution is -2.36. The number of benzene rings is 1. The molecule has 1 amide bonds. The highest BCUT2D eigenvalue weighted by Crippen LogP contribution is 2.10. The highest BCUT2D eigenvalue weighted by Gasteiger charge is 2.16. The molecular weight excluding hydrogens is 294 g/mol. The minimum absolute atomic E-state index is 0.361. The minimum Gasteiger partial charge on any atom is -0.446 e. The topological polar surface area (TPSA) is 96.5 Å². The van der Waals surface area contributed by atoms with Crippen LogP contribution >= 0.6 is 0 Å². The van der Waals surface area contributed by atoms with Gasteiger partial charge in [-0.3, -0.25) is 4.72 Å². The standard InChI is InChI=1S/C13H21N3O4S/c1-4-14-9-11-5-7-12(8-6-11)15-21(18,19)16-13(17)20-10(2)3/h5-8,10,14-15H,4,9H2,1-3H3,(H,16,17). The van der Waals surface area contributed by atoms with Gasteiger partial charge in [-0.2, -0.15) is 8.42 Å². The van der Waals surface area contributed by atoms with Crippen molar-refractivity contribution >= 4 is 22.0 Å². The Kier molecular flexibility index (Phi) is 6.44. The van der Waals surface area contributed by atoms with Crippen molar-refractivity contribution in [2.75, 3.05) is 11.3 Å². The molecule has 3 N–H and O–H groups in total. The molecule has 8 heteroatoms. The SMILES string of the molecule is CCNCc1ccc(NS(=O)(=O)NC(=O)OC(C)C)cc1. The normalized spacial score (nSPS) is 11.2. The summed E-state index contributed by atoms with van der Waals surface area (Å²) in [6, 6.07) is 6.85. The summed E-state index contributed by atoms with van der Waals surface area (Å²) in [6.45, 7) is 6.83. The van der Waals surface area contributed by atoms with Crippen LogP contribution in [0, 0.1) is 0 Å². The zero-order valence-corrected chi connectivity index (χ0v) is 13.2. The molecule has 1 aromatic carbocycles. The van der Waals surface area contributed by atoms with Gasteiger partial charge in [0.15, 0.2) is 0 Å². The quantitative estimate of drug-likeness (QED) is 0.710. The number of rotatable bonds is 7. The average molecular weight is 315 g/mol. The van der Waals surface area contributed by atoms with Gasteiger partial charge in [-0.05, 0) is 38.1 Å². The van der Waals surface area contributed by atoms with Crippen LogP contribution in [0.3, 0.4) is 0 Å². The van der Waals surface area contributed by atoms with Crippen LogP contribution in [0.5, 0.6) is 0 Å². The van der Waals surface area contributed by atoms with E-state index in [4.69, 9.17) is 4.74 Å². The van der Waals surface area contributed by atoms with Crippen LogP contribution in [-0.4, -0.2) is 27.2 Å². The number of amides is 1. The van der Waals surface area contributed by atoms with E-state index in [9.17, 15) is 13.2 Å². The summed E-state index contributed by atoms with van der Waals surface area (Å²) in [5.41, 5.74) is 1.40. The van der Waals surface area contributed by atoms with E-state index in [-0.39, 0.29) is 0 Å². The van der Waals surface area contributed by atoms with Gasteiger partial charge in [0.2, 0.25) is 0 Å². The Morgan fingerprint density at radius 2 is 1.86 bits per heavy atom. The maximum Gasteiger partial charge on any atom is 0.422 e. The summed E-state index contributed by atoms with van der Waals surface area (Å²) >= 11 is 0. The Hall–Kier alpha value is -1.80. The van der Waals surface area contributed by atoms with Crippen molar-refractivity contribution < 1.29 is 17.9 Å². The fourth-order valence-electron chi connectivity index (χ4n) is 1.49. The molecule has 0 spiro atoms. The summed E-state index contributed by atoms with van der Waals surface area (Å²) in [5.74, 6) is 0. The largest absolute Gasteiger partial charge is 0.446 e. The number of ether oxygens (including phenoxy) is 1. The maximum atomic E-state index is 11.7. The summed E-state index contributed by atoms with van der Waals surface area (Å²) in [4.78, 5) is 11.3. The molecule has 118 valence electrons. The molecule has 21 heavy (non-hydrogen) atoms. The molecule has 0 aromatic heterocycles. The van der Waals surface area contributed by atoms with Crippen LogP contribution in [0.15, 0.2) is 24.3 Å². The van der Waals surface area contributed by atoms with E-state index in [1.165, 1.54) is 0 Å². The second-order valence-corrected chi connectivity index (χ2v) is 6.05. The first-order valence-electron chi connectivity index (χ1n) is 6.63. The number of hydrogen-bond acceptors (Lipinski definition) is 5. The molecule has 0 saturated carbocycles. The summed E-state index contributed by atoms with van der Waals surface area (Å²) in [5, 5.41) is 3.16. The van der Waals surface area contributed by atoms with Crippen LogP contribution in [-0.2, 0) is 21.5 Å². The molecule has 0 fully saturated rings. The maximum absolute atomic E-state index is 11.7. The molecule has 0 atom stereocenters. The van der Waals surface area contributed by atoms with Crippen molar-refractivity contribution in [2.45, 2.75) is 33.4 Å². The number of anilines is 1. The van der Waals surface area contributed by atoms with Gasteiger partial charge < -0.3 is 10.1 Å². The molecule has 0 radical (unpaired) electrons. The second kappa shape index (κ2) is 7.84. The number of carbonyl (C=O) groups is 1. The predicted molar refractivity (Wildman–Crippen MR) is 81.1 cm³/mol. The smallest absolute Gasteiger partial charge is 0.422 e. The molecule has 0 aliphatic rings. The van der Waals surface area contributed by atoms with Crippen molar-refractivity contribution in [3.63, 3.8) is 0 Å². The third kappa shape index (κ3) is 6.96. The van der Waals surface area contributed by atoms with Crippen molar-refractivity contribution in [1.29, 1.82) is 0 Å². The fraction of sp³-hybridized carbons (Fsp3) is 0.462. The summed E-state index contributed by atoms with van der Waals surface area (Å²) < 4.78 is 32.2. The number of hydrogen-bond donors (Lipinski definition) is 3. The van der Waals surface area contributed by atoms with Crippen LogP contribution < -0.4 is 14.8 Å². The van der Waals surface area contributed by atoms with Gasteiger partial charge in [-0.1, -0.05) is 19.1 Å². The van der Waals surface area contributed by atoms with E-state index in [0.717, 1.165) is 12.1 Å². The van der Waals surface area contributed by atoms with Crippen LogP contribution in [0.2, 0.25) is 0 Å². The van der Waals surface area contributed by atoms with E-state index in [1.807, 2.05) is 6.92 Å². The lowest BCUT2D eigenvalue weighted by molar-refractivity contribution is 0.121. The van der Waals surface area contributed by atoms with E-state index in [0.29, 0.717) is 12.2 Å². The van der Waals surface area contributed by atoms with Crippen molar-refractivity contribution in [2.24, 2.45) is 0 Å². The van der Waals surface area contributed by atoms with E-state index in [2.05, 4.69) is 10.0 Å². The lowest BCUT2D eigenvalue weighted by atomic mass is 10.2. The summed E-state index contributed by atoms with van der Waals surface area (Å²) in [6.07, 6.45) is -1.41. The number of carbonyl (C=O) groups excluding carboxylic acids is 1. The number of nitrogens with one attached hydrogen (secondary N) is 3. The molecule has 0 saturated heterocycles. The van der Waals surface area contributed by atoms with Crippen LogP contribution in [0.1, 0.15) is 26.3 Å². The van der Waals surface area contributed by atoms with E-state index >= 15 is 0 Å². The highest BCUT2D eigenvalue weighted by molar-refractivity contribution is 7.91. The van der Waals surface area contributed by atoms with E-state index < -0.39 is 22.4 Å². The highest BCUT2D eigenvalue weighted by atomic mass is 32.2. The Labute approximate surface area is 125 Å². The minimum atomic E-state index is -4.00. The van der Waals surface area contributed by atoms with Crippen LogP contribution in [0.25, 0.3) is 0 Å². The zero-order chi connectivity index (χ0) is 15.9. The van der Waals surface area contributed by atoms with Crippen molar-refractivity contribution in [3.05, 3.63) is 29.8 Å². The molecule has 1 aromatic rings. The molecule has 0 aliphatic carbocycles. The molecule has 0 aliphatic heterocycles. The Morgan fingerprint density at radius 1 is 1.24 bits per heavy atom. The van der Waals surface area contributed by atoms with Gasteiger partial charge in [0, 0.05) is 6.54 Å². The monoisotopic (exact) mass is 315 g/mol. The summed E-state index contributed by atoms with van der Waals surface area (Å²) in [7, 11) is -4.00. The third-order valence-corrected chi connectivity index (χ3v) is 3.29. The lowest BCUT2D eigenvalue weighted by Gasteiger charge is -2.12. The van der Waals surface area contributed by atoms with Gasteiger partial charge in [0.1, 0.15) is 0 Å². The van der Waals surface area contributed by atoms with Gasteiger partial charge in [-0.15, -0.1) is 0 Å². The average Bonchev–Trinajstić information content (AvgIpc) is 2.35.